The summed E-state index contributed by atoms with van der Waals surface area (Å²) in [7, 11) is 5.58. The number of benzene rings is 1. The maximum Gasteiger partial charge on any atom is 0.306 e. The van der Waals surface area contributed by atoms with Gasteiger partial charge in [-0.05, 0) is 49.1 Å². The molecule has 0 spiro atoms. The number of nitrogens with one attached hydrogen (secondary N) is 1. The molecule has 0 aliphatic rings. The standard InChI is InChI=1S/C23H28N4O4/c1-15-19(16(2)25-23(30)20(15)12-24)10-11-22(29)31-14-21(28)27(5)13-17-6-8-18(9-7-17)26(3)4/h6-9H,10-11,13-14H2,1-5H3,(H,25,30). The maximum atomic E-state index is 12.3. The first-order chi connectivity index (χ1) is 14.6. The van der Waals surface area contributed by atoms with Crippen LogP contribution in [0.4, 0.5) is 5.69 Å². The van der Waals surface area contributed by atoms with E-state index in [0.29, 0.717) is 24.2 Å². The van der Waals surface area contributed by atoms with Gasteiger partial charge in [0.25, 0.3) is 11.5 Å². The minimum absolute atomic E-state index is 0.0432. The van der Waals surface area contributed by atoms with E-state index in [4.69, 9.17) is 10.00 Å². The van der Waals surface area contributed by atoms with Gasteiger partial charge in [-0.25, -0.2) is 0 Å². The first kappa shape index (κ1) is 23.7. The van der Waals surface area contributed by atoms with Gasteiger partial charge in [0, 0.05) is 45.5 Å². The molecule has 0 saturated carbocycles. The topological polar surface area (TPSA) is 106 Å². The van der Waals surface area contributed by atoms with E-state index >= 15 is 0 Å². The van der Waals surface area contributed by atoms with Crippen molar-refractivity contribution in [1.82, 2.24) is 9.88 Å². The number of esters is 1. The van der Waals surface area contributed by atoms with E-state index in [-0.39, 0.29) is 24.5 Å². The molecule has 0 unspecified atom stereocenters. The summed E-state index contributed by atoms with van der Waals surface area (Å²) in [5.41, 5.74) is 3.57. The summed E-state index contributed by atoms with van der Waals surface area (Å²) in [5, 5.41) is 9.13. The number of aromatic nitrogens is 1. The molecule has 1 aromatic heterocycles. The zero-order valence-corrected chi connectivity index (χ0v) is 18.6. The molecule has 2 rings (SSSR count). The quantitative estimate of drug-likeness (QED) is 0.650. The molecule has 8 heteroatoms. The lowest BCUT2D eigenvalue weighted by Gasteiger charge is -2.18. The summed E-state index contributed by atoms with van der Waals surface area (Å²) in [5.74, 6) is -0.811. The van der Waals surface area contributed by atoms with Crippen LogP contribution in [0.1, 0.15) is 34.4 Å². The van der Waals surface area contributed by atoms with Gasteiger partial charge in [-0.2, -0.15) is 5.26 Å². The van der Waals surface area contributed by atoms with Crippen molar-refractivity contribution >= 4 is 17.6 Å². The van der Waals surface area contributed by atoms with Gasteiger partial charge in [-0.1, -0.05) is 12.1 Å². The van der Waals surface area contributed by atoms with Gasteiger partial charge in [-0.3, -0.25) is 14.4 Å². The van der Waals surface area contributed by atoms with Crippen molar-refractivity contribution in [2.45, 2.75) is 33.2 Å². The van der Waals surface area contributed by atoms with Gasteiger partial charge in [0.05, 0.1) is 0 Å². The number of amides is 1. The van der Waals surface area contributed by atoms with Crippen LogP contribution in [-0.2, 0) is 27.3 Å². The molecule has 2 aromatic rings. The van der Waals surface area contributed by atoms with Crippen molar-refractivity contribution < 1.29 is 14.3 Å². The second-order valence-electron chi connectivity index (χ2n) is 7.64. The summed E-state index contributed by atoms with van der Waals surface area (Å²) in [6.07, 6.45) is 0.353. The Morgan fingerprint density at radius 3 is 2.35 bits per heavy atom. The van der Waals surface area contributed by atoms with Crippen molar-refractivity contribution in [3.63, 3.8) is 0 Å². The number of nitriles is 1. The zero-order valence-electron chi connectivity index (χ0n) is 18.6. The molecule has 164 valence electrons. The minimum atomic E-state index is -0.513. The Hall–Kier alpha value is -3.60. The van der Waals surface area contributed by atoms with Crippen LogP contribution < -0.4 is 10.5 Å². The number of hydrogen-bond acceptors (Lipinski definition) is 6. The fraction of sp³-hybridized carbons (Fsp3) is 0.391. The second kappa shape index (κ2) is 10.4. The normalized spacial score (nSPS) is 10.3. The third kappa shape index (κ3) is 6.19. The molecule has 0 aliphatic heterocycles. The van der Waals surface area contributed by atoms with E-state index in [2.05, 4.69) is 4.98 Å². The van der Waals surface area contributed by atoms with E-state index in [1.54, 1.807) is 20.9 Å². The fourth-order valence-corrected chi connectivity index (χ4v) is 3.23. The molecule has 0 bridgehead atoms. The fourth-order valence-electron chi connectivity index (χ4n) is 3.23. The first-order valence-corrected chi connectivity index (χ1v) is 9.92. The van der Waals surface area contributed by atoms with Crippen molar-refractivity contribution in [2.75, 3.05) is 32.6 Å². The molecule has 0 aliphatic carbocycles. The largest absolute Gasteiger partial charge is 0.456 e. The van der Waals surface area contributed by atoms with E-state index in [9.17, 15) is 14.4 Å². The van der Waals surface area contributed by atoms with Gasteiger partial charge in [0.1, 0.15) is 11.6 Å². The van der Waals surface area contributed by atoms with Crippen molar-refractivity contribution in [3.8, 4) is 6.07 Å². The van der Waals surface area contributed by atoms with Gasteiger partial charge in [0.15, 0.2) is 6.61 Å². The number of rotatable bonds is 8. The van der Waals surface area contributed by atoms with Crippen LogP contribution in [0.3, 0.4) is 0 Å². The summed E-state index contributed by atoms with van der Waals surface area (Å²) < 4.78 is 5.12. The average Bonchev–Trinajstić information content (AvgIpc) is 2.72. The summed E-state index contributed by atoms with van der Waals surface area (Å²) in [6.45, 7) is 3.49. The molecular weight excluding hydrogens is 396 g/mol. The highest BCUT2D eigenvalue weighted by Crippen LogP contribution is 2.16. The number of likely N-dealkylation sites (N-methyl/N-ethyl adjacent to an activating group) is 1. The molecule has 31 heavy (non-hydrogen) atoms. The van der Waals surface area contributed by atoms with E-state index in [1.807, 2.05) is 49.3 Å². The highest BCUT2D eigenvalue weighted by Gasteiger charge is 2.16. The van der Waals surface area contributed by atoms with Crippen LogP contribution in [0.25, 0.3) is 0 Å². The number of carbonyl (C=O) groups is 2. The van der Waals surface area contributed by atoms with Gasteiger partial charge in [0.2, 0.25) is 0 Å². The van der Waals surface area contributed by atoms with Crippen LogP contribution in [0.2, 0.25) is 0 Å². The van der Waals surface area contributed by atoms with Crippen LogP contribution >= 0.6 is 0 Å². The van der Waals surface area contributed by atoms with E-state index < -0.39 is 11.5 Å². The third-order valence-electron chi connectivity index (χ3n) is 5.15. The molecular formula is C23H28N4O4. The van der Waals surface area contributed by atoms with Crippen molar-refractivity contribution in [1.29, 1.82) is 5.26 Å². The summed E-state index contributed by atoms with van der Waals surface area (Å²) in [6, 6.07) is 9.75. The SMILES string of the molecule is Cc1[nH]c(=O)c(C#N)c(C)c1CCC(=O)OCC(=O)N(C)Cc1ccc(N(C)C)cc1. The highest BCUT2D eigenvalue weighted by atomic mass is 16.5. The van der Waals surface area contributed by atoms with Crippen molar-refractivity contribution in [2.24, 2.45) is 0 Å². The molecule has 1 N–H and O–H groups in total. The molecule has 8 nitrogen and oxygen atoms in total. The Morgan fingerprint density at radius 1 is 1.13 bits per heavy atom. The Balaban J connectivity index is 1.86. The number of aromatic amines is 1. The Labute approximate surface area is 182 Å². The van der Waals surface area contributed by atoms with Crippen molar-refractivity contribution in [3.05, 3.63) is 62.6 Å². The zero-order chi connectivity index (χ0) is 23.1. The lowest BCUT2D eigenvalue weighted by atomic mass is 9.99. The number of hydrogen-bond donors (Lipinski definition) is 1. The number of ether oxygens (including phenoxy) is 1. The molecule has 1 amide bonds. The van der Waals surface area contributed by atoms with Gasteiger partial charge >= 0.3 is 5.97 Å². The Kier molecular flexibility index (Phi) is 7.97. The second-order valence-corrected chi connectivity index (χ2v) is 7.64. The monoisotopic (exact) mass is 424 g/mol. The molecule has 1 heterocycles. The van der Waals surface area contributed by atoms with E-state index in [0.717, 1.165) is 16.8 Å². The Bertz CT molecular complexity index is 1050. The summed E-state index contributed by atoms with van der Waals surface area (Å²) in [4.78, 5) is 42.3. The number of carbonyl (C=O) groups excluding carboxylic acids is 2. The lowest BCUT2D eigenvalue weighted by molar-refractivity contribution is -0.151. The van der Waals surface area contributed by atoms with Crippen LogP contribution in [-0.4, -0.2) is 49.5 Å². The minimum Gasteiger partial charge on any atom is -0.456 e. The maximum absolute atomic E-state index is 12.3. The number of H-pyrrole nitrogens is 1. The Morgan fingerprint density at radius 2 is 1.77 bits per heavy atom. The summed E-state index contributed by atoms with van der Waals surface area (Å²) >= 11 is 0. The highest BCUT2D eigenvalue weighted by molar-refractivity contribution is 5.80. The van der Waals surface area contributed by atoms with Crippen LogP contribution in [0.15, 0.2) is 29.1 Å². The number of anilines is 1. The number of aryl methyl sites for hydroxylation is 1. The van der Waals surface area contributed by atoms with Crippen LogP contribution in [0.5, 0.6) is 0 Å². The molecule has 0 saturated heterocycles. The van der Waals surface area contributed by atoms with Gasteiger partial charge < -0.3 is 19.5 Å². The molecule has 0 radical (unpaired) electrons. The number of nitrogens with zero attached hydrogens (tertiary/aromatic N) is 3. The molecule has 0 atom stereocenters. The third-order valence-corrected chi connectivity index (χ3v) is 5.15. The van der Waals surface area contributed by atoms with Gasteiger partial charge in [-0.15, -0.1) is 0 Å². The van der Waals surface area contributed by atoms with E-state index in [1.165, 1.54) is 4.90 Å². The first-order valence-electron chi connectivity index (χ1n) is 9.92. The predicted molar refractivity (Wildman–Crippen MR) is 118 cm³/mol. The molecule has 1 aromatic carbocycles. The molecule has 0 fully saturated rings. The average molecular weight is 425 g/mol. The smallest absolute Gasteiger partial charge is 0.306 e. The van der Waals surface area contributed by atoms with Crippen LogP contribution in [0, 0.1) is 25.2 Å². The number of pyridine rings is 1. The lowest BCUT2D eigenvalue weighted by Crippen LogP contribution is -2.30. The predicted octanol–water partition coefficient (Wildman–Crippen LogP) is 2.06.